The van der Waals surface area contributed by atoms with E-state index in [1.54, 1.807) is 13.8 Å². The normalized spacial score (nSPS) is 14.4. The van der Waals surface area contributed by atoms with Crippen LogP contribution in [0.3, 0.4) is 0 Å². The lowest BCUT2D eigenvalue weighted by Crippen LogP contribution is -2.46. The van der Waals surface area contributed by atoms with E-state index in [2.05, 4.69) is 22.8 Å². The first-order chi connectivity index (χ1) is 11.8. The van der Waals surface area contributed by atoms with Crippen molar-refractivity contribution < 1.29 is 19.1 Å². The summed E-state index contributed by atoms with van der Waals surface area (Å²) in [6.07, 6.45) is 3.62. The largest absolute Gasteiger partial charge is 0.452 e. The third-order valence-corrected chi connectivity index (χ3v) is 4.10. The van der Waals surface area contributed by atoms with E-state index in [4.69, 9.17) is 4.74 Å². The lowest BCUT2D eigenvalue weighted by molar-refractivity contribution is -0.153. The van der Waals surface area contributed by atoms with Gasteiger partial charge >= 0.3 is 12.0 Å². The summed E-state index contributed by atoms with van der Waals surface area (Å²) in [5.74, 6) is -1.13. The molecule has 0 saturated carbocycles. The van der Waals surface area contributed by atoms with Crippen molar-refractivity contribution in [1.82, 2.24) is 10.6 Å². The fourth-order valence-corrected chi connectivity index (χ4v) is 2.87. The van der Waals surface area contributed by atoms with Gasteiger partial charge < -0.3 is 10.1 Å². The number of esters is 1. The minimum absolute atomic E-state index is 0.0883. The summed E-state index contributed by atoms with van der Waals surface area (Å²) in [6.45, 7) is 5.01. The van der Waals surface area contributed by atoms with Crippen LogP contribution < -0.4 is 10.6 Å². The molecule has 1 aliphatic rings. The Morgan fingerprint density at radius 1 is 1.08 bits per heavy atom. The zero-order valence-corrected chi connectivity index (χ0v) is 15.1. The van der Waals surface area contributed by atoms with E-state index in [9.17, 15) is 14.4 Å². The van der Waals surface area contributed by atoms with Crippen LogP contribution in [0.4, 0.5) is 4.79 Å². The molecule has 6 heteroatoms. The number of nitrogens with one attached hydrogen (secondary N) is 2. The van der Waals surface area contributed by atoms with Crippen molar-refractivity contribution in [3.05, 3.63) is 34.9 Å². The molecule has 0 radical (unpaired) electrons. The lowest BCUT2D eigenvalue weighted by atomic mass is 9.90. The van der Waals surface area contributed by atoms with E-state index >= 15 is 0 Å². The molecule has 2 rings (SSSR count). The third-order valence-electron chi connectivity index (χ3n) is 4.10. The number of imide groups is 1. The average molecular weight is 346 g/mol. The Morgan fingerprint density at radius 2 is 1.76 bits per heavy atom. The van der Waals surface area contributed by atoms with Crippen LogP contribution in [0.15, 0.2) is 18.2 Å². The highest BCUT2D eigenvalue weighted by Crippen LogP contribution is 2.22. The maximum absolute atomic E-state index is 12.1. The SMILES string of the molecule is CC(C)NC(=O)NC(=O)[C@H](C)OC(=O)Cc1ccc2c(c1)CCCC2. The molecule has 1 aromatic carbocycles. The first-order valence-electron chi connectivity index (χ1n) is 8.76. The zero-order chi connectivity index (χ0) is 18.4. The van der Waals surface area contributed by atoms with Gasteiger partial charge in [-0.1, -0.05) is 18.2 Å². The first kappa shape index (κ1) is 19.0. The number of fused-ring (bicyclic) bond motifs is 1. The Kier molecular flexibility index (Phi) is 6.56. The molecule has 1 atom stereocenters. The van der Waals surface area contributed by atoms with Crippen molar-refractivity contribution in [2.45, 2.75) is 65.0 Å². The summed E-state index contributed by atoms with van der Waals surface area (Å²) in [7, 11) is 0. The molecule has 0 aromatic heterocycles. The van der Waals surface area contributed by atoms with Gasteiger partial charge in [-0.25, -0.2) is 4.79 Å². The van der Waals surface area contributed by atoms with Gasteiger partial charge in [0.15, 0.2) is 6.10 Å². The fraction of sp³-hybridized carbons (Fsp3) is 0.526. The molecule has 0 saturated heterocycles. The van der Waals surface area contributed by atoms with Crippen LogP contribution >= 0.6 is 0 Å². The molecule has 2 N–H and O–H groups in total. The van der Waals surface area contributed by atoms with Gasteiger partial charge in [-0.2, -0.15) is 0 Å². The number of hydrogen-bond donors (Lipinski definition) is 2. The van der Waals surface area contributed by atoms with Gasteiger partial charge in [-0.15, -0.1) is 0 Å². The Balaban J connectivity index is 1.85. The Labute approximate surface area is 148 Å². The van der Waals surface area contributed by atoms with Gasteiger partial charge in [0.05, 0.1) is 6.42 Å². The molecule has 136 valence electrons. The monoisotopic (exact) mass is 346 g/mol. The van der Waals surface area contributed by atoms with Crippen LogP contribution in [0, 0.1) is 0 Å². The van der Waals surface area contributed by atoms with Crippen molar-refractivity contribution in [1.29, 1.82) is 0 Å². The molecule has 1 aliphatic carbocycles. The van der Waals surface area contributed by atoms with Crippen molar-refractivity contribution in [3.8, 4) is 0 Å². The van der Waals surface area contributed by atoms with Crippen LogP contribution in [-0.4, -0.2) is 30.1 Å². The highest BCUT2D eigenvalue weighted by atomic mass is 16.5. The van der Waals surface area contributed by atoms with Crippen molar-refractivity contribution in [3.63, 3.8) is 0 Å². The quantitative estimate of drug-likeness (QED) is 0.801. The predicted octanol–water partition coefficient (Wildman–Crippen LogP) is 2.27. The van der Waals surface area contributed by atoms with E-state index in [1.807, 2.05) is 6.07 Å². The second kappa shape index (κ2) is 8.65. The number of carbonyl (C=O) groups excluding carboxylic acids is 3. The highest BCUT2D eigenvalue weighted by Gasteiger charge is 2.20. The van der Waals surface area contributed by atoms with Crippen LogP contribution in [0.1, 0.15) is 50.3 Å². The van der Waals surface area contributed by atoms with Gasteiger partial charge in [0, 0.05) is 6.04 Å². The molecule has 25 heavy (non-hydrogen) atoms. The summed E-state index contributed by atoms with van der Waals surface area (Å²) in [6, 6.07) is 5.37. The van der Waals surface area contributed by atoms with E-state index < -0.39 is 24.0 Å². The Morgan fingerprint density at radius 3 is 2.44 bits per heavy atom. The summed E-state index contributed by atoms with van der Waals surface area (Å²) >= 11 is 0. The van der Waals surface area contributed by atoms with Gasteiger partial charge in [0.2, 0.25) is 0 Å². The van der Waals surface area contributed by atoms with Gasteiger partial charge in [-0.3, -0.25) is 14.9 Å². The molecule has 0 spiro atoms. The second-order valence-corrected chi connectivity index (χ2v) is 6.74. The molecule has 6 nitrogen and oxygen atoms in total. The van der Waals surface area contributed by atoms with Crippen LogP contribution in [0.25, 0.3) is 0 Å². The van der Waals surface area contributed by atoms with Crippen LogP contribution in [0.2, 0.25) is 0 Å². The molecule has 3 amide bonds. The van der Waals surface area contributed by atoms with E-state index in [0.717, 1.165) is 18.4 Å². The summed E-state index contributed by atoms with van der Waals surface area (Å²) < 4.78 is 5.14. The first-order valence-corrected chi connectivity index (χ1v) is 8.76. The van der Waals surface area contributed by atoms with Crippen molar-refractivity contribution >= 4 is 17.9 Å². The predicted molar refractivity (Wildman–Crippen MR) is 94.2 cm³/mol. The molecule has 0 heterocycles. The standard InChI is InChI=1S/C19H26N2O4/c1-12(2)20-19(24)21-18(23)13(3)25-17(22)11-14-8-9-15-6-4-5-7-16(15)10-14/h8-10,12-13H,4-7,11H2,1-3H3,(H2,20,21,23,24)/t13-/m0/s1. The van der Waals surface area contributed by atoms with E-state index in [1.165, 1.54) is 30.9 Å². The van der Waals surface area contributed by atoms with E-state index in [-0.39, 0.29) is 12.5 Å². The van der Waals surface area contributed by atoms with Crippen LogP contribution in [-0.2, 0) is 33.6 Å². The maximum atomic E-state index is 12.1. The smallest absolute Gasteiger partial charge is 0.321 e. The van der Waals surface area contributed by atoms with E-state index in [0.29, 0.717) is 0 Å². The number of benzene rings is 1. The minimum atomic E-state index is -1.02. The summed E-state index contributed by atoms with van der Waals surface area (Å²) in [5.41, 5.74) is 3.54. The Bertz CT molecular complexity index is 655. The Hall–Kier alpha value is -2.37. The highest BCUT2D eigenvalue weighted by molar-refractivity contribution is 5.97. The molecule has 1 aromatic rings. The second-order valence-electron chi connectivity index (χ2n) is 6.74. The number of urea groups is 1. The van der Waals surface area contributed by atoms with Crippen molar-refractivity contribution in [2.24, 2.45) is 0 Å². The molecule has 0 aliphatic heterocycles. The number of aryl methyl sites for hydroxylation is 2. The van der Waals surface area contributed by atoms with Gasteiger partial charge in [0.1, 0.15) is 0 Å². The van der Waals surface area contributed by atoms with Gasteiger partial charge in [0.25, 0.3) is 5.91 Å². The topological polar surface area (TPSA) is 84.5 Å². The number of amides is 3. The number of hydrogen-bond acceptors (Lipinski definition) is 4. The average Bonchev–Trinajstić information content (AvgIpc) is 2.53. The molecular weight excluding hydrogens is 320 g/mol. The molecular formula is C19H26N2O4. The van der Waals surface area contributed by atoms with Crippen LogP contribution in [0.5, 0.6) is 0 Å². The summed E-state index contributed by atoms with van der Waals surface area (Å²) in [4.78, 5) is 35.4. The number of carbonyl (C=O) groups is 3. The zero-order valence-electron chi connectivity index (χ0n) is 15.1. The lowest BCUT2D eigenvalue weighted by Gasteiger charge is -2.17. The maximum Gasteiger partial charge on any atom is 0.321 e. The van der Waals surface area contributed by atoms with Crippen molar-refractivity contribution in [2.75, 3.05) is 0 Å². The molecule has 0 bridgehead atoms. The minimum Gasteiger partial charge on any atom is -0.452 e. The number of rotatable bonds is 5. The number of ether oxygens (including phenoxy) is 1. The van der Waals surface area contributed by atoms with Gasteiger partial charge in [-0.05, 0) is 63.1 Å². The fourth-order valence-electron chi connectivity index (χ4n) is 2.87. The molecule has 0 unspecified atom stereocenters. The molecule has 0 fully saturated rings. The third kappa shape index (κ3) is 5.89. The summed E-state index contributed by atoms with van der Waals surface area (Å²) in [5, 5.41) is 4.69.